The summed E-state index contributed by atoms with van der Waals surface area (Å²) in [5.41, 5.74) is 3.86. The molecule has 1 aromatic carbocycles. The number of benzene rings is 1. The first-order valence-corrected chi connectivity index (χ1v) is 10.1. The first kappa shape index (κ1) is 22.4. The fraction of sp³-hybridized carbons (Fsp3) is 0.632. The van der Waals surface area contributed by atoms with Crippen LogP contribution < -0.4 is 15.5 Å². The van der Waals surface area contributed by atoms with E-state index in [9.17, 15) is 0 Å². The molecule has 1 aliphatic rings. The second-order valence-corrected chi connectivity index (χ2v) is 7.93. The first-order chi connectivity index (χ1) is 11.5. The van der Waals surface area contributed by atoms with Gasteiger partial charge in [-0.25, -0.2) is 0 Å². The second-order valence-electron chi connectivity index (χ2n) is 6.80. The van der Waals surface area contributed by atoms with E-state index >= 15 is 0 Å². The minimum absolute atomic E-state index is 0. The number of halogens is 1. The zero-order chi connectivity index (χ0) is 17.5. The molecule has 2 rings (SSSR count). The Kier molecular flexibility index (Phi) is 10.0. The van der Waals surface area contributed by atoms with Crippen molar-refractivity contribution in [2.75, 3.05) is 32.3 Å². The molecule has 2 atom stereocenters. The van der Waals surface area contributed by atoms with Crippen LogP contribution in [0.1, 0.15) is 36.8 Å². The Labute approximate surface area is 174 Å². The summed E-state index contributed by atoms with van der Waals surface area (Å²) in [7, 11) is 6.00. The van der Waals surface area contributed by atoms with Gasteiger partial charge in [0.2, 0.25) is 0 Å². The second kappa shape index (κ2) is 11.2. The molecule has 0 spiro atoms. The van der Waals surface area contributed by atoms with Crippen LogP contribution in [-0.2, 0) is 6.54 Å². The third kappa shape index (κ3) is 6.89. The lowest BCUT2D eigenvalue weighted by atomic mass is 9.95. The summed E-state index contributed by atoms with van der Waals surface area (Å²) in [5.74, 6) is 0.915. The van der Waals surface area contributed by atoms with Crippen molar-refractivity contribution in [3.8, 4) is 0 Å². The monoisotopic (exact) mass is 476 g/mol. The van der Waals surface area contributed by atoms with Crippen molar-refractivity contribution in [3.63, 3.8) is 0 Å². The molecule has 1 aromatic rings. The van der Waals surface area contributed by atoms with Gasteiger partial charge < -0.3 is 15.5 Å². The molecule has 0 aliphatic heterocycles. The zero-order valence-electron chi connectivity index (χ0n) is 16.1. The largest absolute Gasteiger partial charge is 0.378 e. The van der Waals surface area contributed by atoms with E-state index in [-0.39, 0.29) is 24.0 Å². The van der Waals surface area contributed by atoms with Gasteiger partial charge in [0.15, 0.2) is 5.96 Å². The smallest absolute Gasteiger partial charge is 0.191 e. The maximum atomic E-state index is 4.40. The van der Waals surface area contributed by atoms with Gasteiger partial charge in [-0.05, 0) is 55.7 Å². The van der Waals surface area contributed by atoms with E-state index in [2.05, 4.69) is 66.0 Å². The van der Waals surface area contributed by atoms with Crippen LogP contribution in [-0.4, -0.2) is 44.7 Å². The molecule has 4 nitrogen and oxygen atoms in total. The molecule has 2 unspecified atom stereocenters. The van der Waals surface area contributed by atoms with E-state index in [0.29, 0.717) is 6.04 Å². The molecule has 0 aromatic heterocycles. The molecule has 0 radical (unpaired) electrons. The van der Waals surface area contributed by atoms with Crippen LogP contribution in [0.3, 0.4) is 0 Å². The summed E-state index contributed by atoms with van der Waals surface area (Å²) >= 11 is 2.00. The minimum Gasteiger partial charge on any atom is -0.378 e. The highest BCUT2D eigenvalue weighted by atomic mass is 127. The van der Waals surface area contributed by atoms with Gasteiger partial charge in [0.05, 0.1) is 0 Å². The molecule has 1 fully saturated rings. The molecule has 142 valence electrons. The number of guanidine groups is 1. The third-order valence-corrected chi connectivity index (χ3v) is 5.91. The summed E-state index contributed by atoms with van der Waals surface area (Å²) in [6.07, 6.45) is 7.36. The Balaban J connectivity index is 0.00000312. The maximum Gasteiger partial charge on any atom is 0.191 e. The van der Waals surface area contributed by atoms with Gasteiger partial charge in [-0.2, -0.15) is 11.8 Å². The number of aliphatic imine (C=N–C) groups is 1. The quantitative estimate of drug-likeness (QED) is 0.383. The average Bonchev–Trinajstić information content (AvgIpc) is 2.59. The van der Waals surface area contributed by atoms with Crippen LogP contribution in [0.2, 0.25) is 0 Å². The number of nitrogens with one attached hydrogen (secondary N) is 2. The van der Waals surface area contributed by atoms with Crippen molar-refractivity contribution in [1.29, 1.82) is 0 Å². The van der Waals surface area contributed by atoms with Crippen LogP contribution in [0.4, 0.5) is 5.69 Å². The van der Waals surface area contributed by atoms with Crippen LogP contribution in [0.5, 0.6) is 0 Å². The number of hydrogen-bond donors (Lipinski definition) is 2. The Morgan fingerprint density at radius 2 is 2.08 bits per heavy atom. The van der Waals surface area contributed by atoms with Gasteiger partial charge in [0.25, 0.3) is 0 Å². The lowest BCUT2D eigenvalue weighted by Gasteiger charge is -2.30. The maximum absolute atomic E-state index is 4.40. The molecular formula is C19H33IN4S. The SMILES string of the molecule is CN=C(NCc1ccc(N(C)C)cc1C)NC1CCCC(SC)C1.I. The van der Waals surface area contributed by atoms with Gasteiger partial charge in [-0.3, -0.25) is 4.99 Å². The van der Waals surface area contributed by atoms with Crippen LogP contribution >= 0.6 is 35.7 Å². The highest BCUT2D eigenvalue weighted by Gasteiger charge is 2.21. The van der Waals surface area contributed by atoms with E-state index in [0.717, 1.165) is 17.8 Å². The van der Waals surface area contributed by atoms with E-state index < -0.39 is 0 Å². The molecule has 0 amide bonds. The Bertz CT molecular complexity index is 562. The zero-order valence-corrected chi connectivity index (χ0v) is 19.3. The van der Waals surface area contributed by atoms with Crippen LogP contribution in [0, 0.1) is 6.92 Å². The fourth-order valence-corrected chi connectivity index (χ4v) is 4.04. The molecule has 1 aliphatic carbocycles. The van der Waals surface area contributed by atoms with Crippen molar-refractivity contribution in [1.82, 2.24) is 10.6 Å². The lowest BCUT2D eigenvalue weighted by molar-refractivity contribution is 0.419. The van der Waals surface area contributed by atoms with Crippen molar-refractivity contribution in [2.24, 2.45) is 4.99 Å². The number of nitrogens with zero attached hydrogens (tertiary/aromatic N) is 2. The molecule has 1 saturated carbocycles. The number of rotatable bonds is 5. The molecule has 25 heavy (non-hydrogen) atoms. The number of hydrogen-bond acceptors (Lipinski definition) is 3. The molecule has 0 heterocycles. The number of aryl methyl sites for hydroxylation is 1. The fourth-order valence-electron chi connectivity index (χ4n) is 3.21. The van der Waals surface area contributed by atoms with Gasteiger partial charge in [-0.15, -0.1) is 24.0 Å². The van der Waals surface area contributed by atoms with E-state index in [1.165, 1.54) is 42.5 Å². The van der Waals surface area contributed by atoms with Gasteiger partial charge >= 0.3 is 0 Å². The normalized spacial score (nSPS) is 20.6. The molecule has 0 saturated heterocycles. The predicted octanol–water partition coefficient (Wildman–Crippen LogP) is 4.02. The van der Waals surface area contributed by atoms with E-state index in [4.69, 9.17) is 0 Å². The first-order valence-electron chi connectivity index (χ1n) is 8.80. The molecule has 2 N–H and O–H groups in total. The highest BCUT2D eigenvalue weighted by molar-refractivity contribution is 14.0. The Hall–Kier alpha value is -0.630. The van der Waals surface area contributed by atoms with E-state index in [1.807, 2.05) is 18.8 Å². The minimum atomic E-state index is 0. The lowest BCUT2D eigenvalue weighted by Crippen LogP contribution is -2.45. The van der Waals surface area contributed by atoms with Crippen molar-refractivity contribution in [2.45, 2.75) is 50.4 Å². The topological polar surface area (TPSA) is 39.7 Å². The van der Waals surface area contributed by atoms with Crippen molar-refractivity contribution < 1.29 is 0 Å². The summed E-state index contributed by atoms with van der Waals surface area (Å²) in [6, 6.07) is 7.15. The Morgan fingerprint density at radius 1 is 1.32 bits per heavy atom. The van der Waals surface area contributed by atoms with Crippen molar-refractivity contribution >= 4 is 47.4 Å². The highest BCUT2D eigenvalue weighted by Crippen LogP contribution is 2.26. The summed E-state index contributed by atoms with van der Waals surface area (Å²) in [4.78, 5) is 6.54. The average molecular weight is 476 g/mol. The van der Waals surface area contributed by atoms with E-state index in [1.54, 1.807) is 0 Å². The molecular weight excluding hydrogens is 443 g/mol. The van der Waals surface area contributed by atoms with Gasteiger partial charge in [-0.1, -0.05) is 12.5 Å². The van der Waals surface area contributed by atoms with Gasteiger partial charge in [0, 0.05) is 44.7 Å². The van der Waals surface area contributed by atoms with Crippen LogP contribution in [0.15, 0.2) is 23.2 Å². The van der Waals surface area contributed by atoms with Crippen molar-refractivity contribution in [3.05, 3.63) is 29.3 Å². The predicted molar refractivity (Wildman–Crippen MR) is 124 cm³/mol. The summed E-state index contributed by atoms with van der Waals surface area (Å²) in [6.45, 7) is 2.97. The number of thioether (sulfide) groups is 1. The molecule has 6 heteroatoms. The summed E-state index contributed by atoms with van der Waals surface area (Å²) in [5, 5.41) is 7.87. The Morgan fingerprint density at radius 3 is 2.68 bits per heavy atom. The molecule has 0 bridgehead atoms. The summed E-state index contributed by atoms with van der Waals surface area (Å²) < 4.78 is 0. The van der Waals surface area contributed by atoms with Crippen LogP contribution in [0.25, 0.3) is 0 Å². The van der Waals surface area contributed by atoms with Gasteiger partial charge in [0.1, 0.15) is 0 Å². The third-order valence-electron chi connectivity index (χ3n) is 4.81. The number of anilines is 1. The standard InChI is InChI=1S/C19H32N4S.HI/c1-14-11-17(23(3)4)10-9-15(14)13-21-19(20-2)22-16-7-6-8-18(12-16)24-5;/h9-11,16,18H,6-8,12-13H2,1-5H3,(H2,20,21,22);1H.